The summed E-state index contributed by atoms with van der Waals surface area (Å²) in [5.41, 5.74) is -0.744. The van der Waals surface area contributed by atoms with E-state index < -0.39 is 24.1 Å². The molecule has 0 bridgehead atoms. The molecular weight excluding hydrogens is 414 g/mol. The van der Waals surface area contributed by atoms with Crippen LogP contribution in [0.1, 0.15) is 41.8 Å². The van der Waals surface area contributed by atoms with Gasteiger partial charge in [-0.25, -0.2) is 4.79 Å². The second kappa shape index (κ2) is 7.51. The summed E-state index contributed by atoms with van der Waals surface area (Å²) in [4.78, 5) is 56.6. The predicted octanol–water partition coefficient (Wildman–Crippen LogP) is 1.92. The van der Waals surface area contributed by atoms with Crippen molar-refractivity contribution in [1.82, 2.24) is 9.80 Å². The zero-order valence-electron chi connectivity index (χ0n) is 17.7. The van der Waals surface area contributed by atoms with E-state index in [1.165, 1.54) is 21.0 Å². The van der Waals surface area contributed by atoms with Crippen molar-refractivity contribution in [2.24, 2.45) is 0 Å². The molecule has 1 aromatic carbocycles. The highest BCUT2D eigenvalue weighted by Crippen LogP contribution is 2.49. The summed E-state index contributed by atoms with van der Waals surface area (Å²) in [6, 6.07) is 10.1. The number of esters is 1. The van der Waals surface area contributed by atoms with Crippen LogP contribution in [0, 0.1) is 0 Å². The second-order valence-corrected chi connectivity index (χ2v) is 8.37. The Morgan fingerprint density at radius 3 is 2.69 bits per heavy atom. The second-order valence-electron chi connectivity index (χ2n) is 8.37. The Bertz CT molecular complexity index is 1090. The van der Waals surface area contributed by atoms with E-state index in [1.54, 1.807) is 43.4 Å². The predicted molar refractivity (Wildman–Crippen MR) is 111 cm³/mol. The molecule has 1 aromatic heterocycles. The van der Waals surface area contributed by atoms with Crippen molar-refractivity contribution < 1.29 is 28.3 Å². The number of rotatable bonds is 6. The number of ether oxygens (including phenoxy) is 1. The first-order chi connectivity index (χ1) is 15.4. The van der Waals surface area contributed by atoms with E-state index in [0.29, 0.717) is 17.0 Å². The van der Waals surface area contributed by atoms with Gasteiger partial charge >= 0.3 is 5.97 Å². The molecule has 0 radical (unpaired) electrons. The lowest BCUT2D eigenvalue weighted by molar-refractivity contribution is -0.162. The van der Waals surface area contributed by atoms with Crippen molar-refractivity contribution in [2.75, 3.05) is 18.6 Å². The topological polar surface area (TPSA) is 100 Å². The molecule has 1 unspecified atom stereocenters. The van der Waals surface area contributed by atoms with Crippen molar-refractivity contribution in [1.29, 1.82) is 0 Å². The first-order valence-corrected chi connectivity index (χ1v) is 10.6. The van der Waals surface area contributed by atoms with Crippen LogP contribution in [0.3, 0.4) is 0 Å². The minimum Gasteiger partial charge on any atom is -0.467 e. The molecule has 5 rings (SSSR count). The highest BCUT2D eigenvalue weighted by molar-refractivity contribution is 6.15. The van der Waals surface area contributed by atoms with Gasteiger partial charge in [0, 0.05) is 25.9 Å². The number of carbonyl (C=O) groups excluding carboxylic acids is 4. The molecule has 2 aromatic rings. The number of fused-ring (bicyclic) bond motifs is 3. The number of furan rings is 1. The molecule has 0 N–H and O–H groups in total. The number of anilines is 1. The fourth-order valence-electron chi connectivity index (χ4n) is 4.59. The largest absolute Gasteiger partial charge is 0.467 e. The van der Waals surface area contributed by atoms with Gasteiger partial charge in [-0.05, 0) is 37.1 Å². The third kappa shape index (κ3) is 3.07. The highest BCUT2D eigenvalue weighted by Gasteiger charge is 2.64. The van der Waals surface area contributed by atoms with Gasteiger partial charge in [-0.3, -0.25) is 19.3 Å². The summed E-state index contributed by atoms with van der Waals surface area (Å²) < 4.78 is 10.7. The van der Waals surface area contributed by atoms with Gasteiger partial charge in [-0.2, -0.15) is 0 Å². The molecule has 1 saturated heterocycles. The quantitative estimate of drug-likeness (QED) is 0.640. The number of likely N-dealkylation sites (N-methyl/N-ethyl adjacent to an activating group) is 1. The number of nitrogens with zero attached hydrogens (tertiary/aromatic N) is 3. The molecule has 1 atom stereocenters. The van der Waals surface area contributed by atoms with Crippen LogP contribution in [0.25, 0.3) is 0 Å². The van der Waals surface area contributed by atoms with Gasteiger partial charge < -0.3 is 19.0 Å². The summed E-state index contributed by atoms with van der Waals surface area (Å²) in [5.74, 6) is -1.09. The molecule has 1 saturated carbocycles. The van der Waals surface area contributed by atoms with Crippen LogP contribution in [-0.4, -0.2) is 58.8 Å². The number of para-hydroxylation sites is 1. The fourth-order valence-corrected chi connectivity index (χ4v) is 4.59. The number of amides is 3. The van der Waals surface area contributed by atoms with E-state index in [9.17, 15) is 19.2 Å². The molecule has 2 fully saturated rings. The molecule has 3 amide bonds. The van der Waals surface area contributed by atoms with Crippen LogP contribution >= 0.6 is 0 Å². The lowest BCUT2D eigenvalue weighted by Gasteiger charge is -2.48. The average Bonchev–Trinajstić information content (AvgIpc) is 3.37. The Kier molecular flexibility index (Phi) is 4.76. The number of carbonyl (C=O) groups is 4. The maximum absolute atomic E-state index is 13.5. The Balaban J connectivity index is 1.41. The summed E-state index contributed by atoms with van der Waals surface area (Å²) in [6.45, 7) is -0.257. The molecule has 0 spiro atoms. The summed E-state index contributed by atoms with van der Waals surface area (Å²) in [6.07, 6.45) is 3.29. The molecule has 32 heavy (non-hydrogen) atoms. The highest BCUT2D eigenvalue weighted by atomic mass is 16.5. The number of benzene rings is 1. The van der Waals surface area contributed by atoms with Crippen LogP contribution < -0.4 is 4.90 Å². The molecule has 166 valence electrons. The van der Waals surface area contributed by atoms with Gasteiger partial charge in [-0.15, -0.1) is 0 Å². The Morgan fingerprint density at radius 2 is 1.97 bits per heavy atom. The maximum Gasteiger partial charge on any atom is 0.354 e. The first kappa shape index (κ1) is 20.3. The zero-order chi connectivity index (χ0) is 22.5. The summed E-state index contributed by atoms with van der Waals surface area (Å²) in [7, 11) is 1.58. The lowest BCUT2D eigenvalue weighted by Crippen LogP contribution is -2.69. The molecule has 9 heteroatoms. The Morgan fingerprint density at radius 1 is 1.19 bits per heavy atom. The normalized spacial score (nSPS) is 21.9. The van der Waals surface area contributed by atoms with Gasteiger partial charge in [0.1, 0.15) is 5.76 Å². The molecule has 3 heterocycles. The van der Waals surface area contributed by atoms with Crippen LogP contribution in [0.2, 0.25) is 0 Å². The van der Waals surface area contributed by atoms with Gasteiger partial charge in [-0.1, -0.05) is 12.1 Å². The fraction of sp³-hybridized carbons (Fsp3) is 0.391. The van der Waals surface area contributed by atoms with Crippen molar-refractivity contribution >= 4 is 29.4 Å². The SMILES string of the molecule is CN(Cc1ccco1)C(=O)COC(=O)C12CCC(=O)N1c1ccccc1C(=O)N2C1CC1. The average molecular weight is 437 g/mol. The number of hydrogen-bond donors (Lipinski definition) is 0. The monoisotopic (exact) mass is 437 g/mol. The van der Waals surface area contributed by atoms with Crippen LogP contribution in [0.4, 0.5) is 5.69 Å². The number of hydrogen-bond acceptors (Lipinski definition) is 6. The van der Waals surface area contributed by atoms with E-state index in [-0.39, 0.29) is 37.2 Å². The third-order valence-corrected chi connectivity index (χ3v) is 6.26. The Labute approximate surface area is 184 Å². The minimum atomic E-state index is -1.55. The standard InChI is InChI=1S/C23H23N3O6/c1-24(13-16-5-4-12-31-16)20(28)14-32-22(30)23-11-10-19(27)26(23)18-7-3-2-6-17(18)21(29)25(23)15-8-9-15/h2-7,12,15H,8-11,13-14H2,1H3. The third-order valence-electron chi connectivity index (χ3n) is 6.26. The van der Waals surface area contributed by atoms with Crippen molar-refractivity contribution in [3.63, 3.8) is 0 Å². The van der Waals surface area contributed by atoms with Crippen molar-refractivity contribution in [3.05, 3.63) is 54.0 Å². The molecule has 9 nitrogen and oxygen atoms in total. The van der Waals surface area contributed by atoms with Crippen molar-refractivity contribution in [2.45, 2.75) is 43.9 Å². The zero-order valence-corrected chi connectivity index (χ0v) is 17.7. The molecule has 3 aliphatic rings. The molecular formula is C23H23N3O6. The smallest absolute Gasteiger partial charge is 0.354 e. The Hall–Kier alpha value is -3.62. The van der Waals surface area contributed by atoms with Gasteiger partial charge in [0.2, 0.25) is 11.6 Å². The molecule has 2 aliphatic heterocycles. The van der Waals surface area contributed by atoms with Crippen LogP contribution in [0.5, 0.6) is 0 Å². The van der Waals surface area contributed by atoms with E-state index in [1.807, 2.05) is 0 Å². The van der Waals surface area contributed by atoms with Gasteiger partial charge in [0.25, 0.3) is 11.8 Å². The van der Waals surface area contributed by atoms with Crippen LogP contribution in [0.15, 0.2) is 47.1 Å². The summed E-state index contributed by atoms with van der Waals surface area (Å²) in [5, 5.41) is 0. The van der Waals surface area contributed by atoms with E-state index in [0.717, 1.165) is 12.8 Å². The lowest BCUT2D eigenvalue weighted by atomic mass is 9.96. The van der Waals surface area contributed by atoms with E-state index in [2.05, 4.69) is 0 Å². The van der Waals surface area contributed by atoms with Crippen molar-refractivity contribution in [3.8, 4) is 0 Å². The van der Waals surface area contributed by atoms with Gasteiger partial charge in [0.05, 0.1) is 24.1 Å². The maximum atomic E-state index is 13.5. The molecule has 1 aliphatic carbocycles. The van der Waals surface area contributed by atoms with Crippen LogP contribution in [-0.2, 0) is 25.7 Å². The minimum absolute atomic E-state index is 0.117. The first-order valence-electron chi connectivity index (χ1n) is 10.6. The summed E-state index contributed by atoms with van der Waals surface area (Å²) >= 11 is 0. The van der Waals surface area contributed by atoms with E-state index >= 15 is 0 Å². The van der Waals surface area contributed by atoms with E-state index in [4.69, 9.17) is 9.15 Å². The van der Waals surface area contributed by atoms with Gasteiger partial charge in [0.15, 0.2) is 6.61 Å².